The maximum absolute atomic E-state index is 13.2. The predicted octanol–water partition coefficient (Wildman–Crippen LogP) is 4.99. The van der Waals surface area contributed by atoms with Crippen LogP contribution in [0.25, 0.3) is 22.2 Å². The van der Waals surface area contributed by atoms with E-state index in [1.54, 1.807) is 13.1 Å². The summed E-state index contributed by atoms with van der Waals surface area (Å²) in [4.78, 5) is 34.3. The summed E-state index contributed by atoms with van der Waals surface area (Å²) in [6, 6.07) is 17.7. The van der Waals surface area contributed by atoms with E-state index in [0.29, 0.717) is 12.0 Å². The highest BCUT2D eigenvalue weighted by atomic mass is 16.1. The molecule has 1 atom stereocenters. The zero-order valence-corrected chi connectivity index (χ0v) is 18.3. The van der Waals surface area contributed by atoms with Gasteiger partial charge in [0.05, 0.1) is 5.56 Å². The van der Waals surface area contributed by atoms with Gasteiger partial charge < -0.3 is 15.1 Å². The minimum absolute atomic E-state index is 0.111. The van der Waals surface area contributed by atoms with Crippen molar-refractivity contribution in [1.82, 2.24) is 15.3 Å². The minimum Gasteiger partial charge on any atom is -0.360 e. The van der Waals surface area contributed by atoms with E-state index in [1.807, 2.05) is 60.8 Å². The van der Waals surface area contributed by atoms with E-state index >= 15 is 0 Å². The molecule has 0 fully saturated rings. The average Bonchev–Trinajstić information content (AvgIpc) is 3.46. The van der Waals surface area contributed by atoms with Gasteiger partial charge in [0.15, 0.2) is 5.69 Å². The monoisotopic (exact) mass is 429 g/mol. The Bertz CT molecular complexity index is 1190. The summed E-state index contributed by atoms with van der Waals surface area (Å²) in [6.07, 6.45) is 7.83. The Kier molecular flexibility index (Phi) is 6.80. The van der Waals surface area contributed by atoms with Crippen molar-refractivity contribution < 1.29 is 14.6 Å². The van der Waals surface area contributed by atoms with Crippen molar-refractivity contribution in [2.75, 3.05) is 0 Å². The third kappa shape index (κ3) is 5.14. The topological polar surface area (TPSA) is 91.9 Å². The molecule has 0 aliphatic rings. The number of fused-ring (bicyclic) bond motifs is 1. The van der Waals surface area contributed by atoms with Gasteiger partial charge in [-0.1, -0.05) is 61.4 Å². The predicted molar refractivity (Wildman–Crippen MR) is 125 cm³/mol. The second-order valence-electron chi connectivity index (χ2n) is 8.18. The van der Waals surface area contributed by atoms with Crippen LogP contribution >= 0.6 is 0 Å². The number of carbonyl (C=O) groups excluding carboxylic acids is 2. The van der Waals surface area contributed by atoms with Crippen molar-refractivity contribution in [3.63, 3.8) is 0 Å². The molecule has 0 bridgehead atoms. The molecular formula is C26H29N4O2+. The van der Waals surface area contributed by atoms with Crippen LogP contribution in [0.5, 0.6) is 0 Å². The molecule has 0 aliphatic heterocycles. The van der Waals surface area contributed by atoms with E-state index in [1.165, 1.54) is 0 Å². The summed E-state index contributed by atoms with van der Waals surface area (Å²) in [5, 5.41) is 4.11. The molecule has 6 nitrogen and oxygen atoms in total. The lowest BCUT2D eigenvalue weighted by Gasteiger charge is -2.14. The summed E-state index contributed by atoms with van der Waals surface area (Å²) in [5.74, 6) is 0.975. The number of amides is 1. The lowest BCUT2D eigenvalue weighted by atomic mass is 10.0. The number of carbonyl (C=O) groups is 2. The summed E-state index contributed by atoms with van der Waals surface area (Å²) >= 11 is 0. The van der Waals surface area contributed by atoms with Gasteiger partial charge in [0, 0.05) is 29.1 Å². The fourth-order valence-corrected chi connectivity index (χ4v) is 4.01. The van der Waals surface area contributed by atoms with E-state index in [2.05, 4.69) is 20.3 Å². The normalized spacial score (nSPS) is 12.0. The van der Waals surface area contributed by atoms with Gasteiger partial charge in [0.2, 0.25) is 0 Å². The number of aromatic amines is 3. The Morgan fingerprint density at radius 1 is 1.00 bits per heavy atom. The van der Waals surface area contributed by atoms with Crippen molar-refractivity contribution >= 4 is 22.6 Å². The van der Waals surface area contributed by atoms with Gasteiger partial charge in [0.25, 0.3) is 11.7 Å². The molecule has 2 aromatic carbocycles. The second kappa shape index (κ2) is 10.1. The number of Topliss-reactive ketones (excluding diaryl/α,β-unsaturated/α-hetero) is 1. The highest BCUT2D eigenvalue weighted by molar-refractivity contribution is 6.06. The van der Waals surface area contributed by atoms with E-state index < -0.39 is 0 Å². The SMILES string of the molecule is CC(=O)CCCCC[C@H](NC(=O)c1c[nH]c2ccccc12)c1[nH]c(-c2ccccc2)c[nH+]1. The maximum Gasteiger partial charge on any atom is 0.275 e. The summed E-state index contributed by atoms with van der Waals surface area (Å²) < 4.78 is 0. The van der Waals surface area contributed by atoms with Crippen molar-refractivity contribution in [3.05, 3.63) is 78.4 Å². The van der Waals surface area contributed by atoms with Crippen LogP contribution in [0.2, 0.25) is 0 Å². The van der Waals surface area contributed by atoms with Crippen LogP contribution in [0.15, 0.2) is 67.0 Å². The Balaban J connectivity index is 1.51. The van der Waals surface area contributed by atoms with Gasteiger partial charge in [-0.3, -0.25) is 4.79 Å². The first-order valence-electron chi connectivity index (χ1n) is 11.1. The van der Waals surface area contributed by atoms with Gasteiger partial charge in [-0.25, -0.2) is 9.97 Å². The second-order valence-corrected chi connectivity index (χ2v) is 8.18. The quantitative estimate of drug-likeness (QED) is 0.310. The fraction of sp³-hybridized carbons (Fsp3) is 0.269. The maximum atomic E-state index is 13.2. The van der Waals surface area contributed by atoms with Gasteiger partial charge in [-0.05, 0) is 25.8 Å². The van der Waals surface area contributed by atoms with Crippen LogP contribution in [0, 0.1) is 0 Å². The van der Waals surface area contributed by atoms with Crippen LogP contribution in [0.4, 0.5) is 0 Å². The van der Waals surface area contributed by atoms with Crippen LogP contribution < -0.4 is 10.3 Å². The third-order valence-corrected chi connectivity index (χ3v) is 5.74. The first-order valence-corrected chi connectivity index (χ1v) is 11.1. The summed E-state index contributed by atoms with van der Waals surface area (Å²) in [6.45, 7) is 1.63. The molecule has 4 N–H and O–H groups in total. The van der Waals surface area contributed by atoms with Crippen LogP contribution in [0.1, 0.15) is 61.3 Å². The molecular weight excluding hydrogens is 400 g/mol. The standard InChI is InChI=1S/C26H28N4O2/c1-18(31)10-4-2-7-15-23(25-28-17-24(29-25)19-11-5-3-6-12-19)30-26(32)21-16-27-22-14-9-8-13-20(21)22/h3,5-6,8-9,11-14,16-17,23,27H,2,4,7,10,15H2,1H3,(H,28,29)(H,30,32)/p+1/t23-/m0/s1. The number of hydrogen-bond acceptors (Lipinski definition) is 2. The number of H-pyrrole nitrogens is 3. The zero-order chi connectivity index (χ0) is 22.3. The Hall–Kier alpha value is -3.67. The average molecular weight is 430 g/mol. The van der Waals surface area contributed by atoms with Gasteiger partial charge in [-0.15, -0.1) is 0 Å². The molecule has 1 amide bonds. The highest BCUT2D eigenvalue weighted by Crippen LogP contribution is 2.23. The highest BCUT2D eigenvalue weighted by Gasteiger charge is 2.24. The smallest absolute Gasteiger partial charge is 0.275 e. The van der Waals surface area contributed by atoms with Crippen molar-refractivity contribution in [3.8, 4) is 11.3 Å². The number of benzene rings is 2. The molecule has 6 heteroatoms. The van der Waals surface area contributed by atoms with Crippen LogP contribution in [0.3, 0.4) is 0 Å². The Labute approximate surface area is 187 Å². The lowest BCUT2D eigenvalue weighted by molar-refractivity contribution is -0.391. The molecule has 4 aromatic rings. The zero-order valence-electron chi connectivity index (χ0n) is 18.3. The van der Waals surface area contributed by atoms with Crippen molar-refractivity contribution in [1.29, 1.82) is 0 Å². The molecule has 2 heterocycles. The molecule has 0 saturated heterocycles. The molecule has 2 aromatic heterocycles. The minimum atomic E-state index is -0.189. The number of hydrogen-bond donors (Lipinski definition) is 3. The van der Waals surface area contributed by atoms with Crippen molar-refractivity contribution in [2.45, 2.75) is 45.1 Å². The van der Waals surface area contributed by atoms with Gasteiger partial charge >= 0.3 is 0 Å². The molecule has 0 unspecified atom stereocenters. The van der Waals surface area contributed by atoms with E-state index in [-0.39, 0.29) is 17.7 Å². The van der Waals surface area contributed by atoms with Gasteiger partial charge in [-0.2, -0.15) is 0 Å². The Morgan fingerprint density at radius 3 is 2.59 bits per heavy atom. The molecule has 164 valence electrons. The number of para-hydroxylation sites is 1. The molecule has 0 aliphatic carbocycles. The Morgan fingerprint density at radius 2 is 1.78 bits per heavy atom. The number of rotatable bonds is 10. The molecule has 4 rings (SSSR count). The van der Waals surface area contributed by atoms with E-state index in [0.717, 1.165) is 53.7 Å². The first kappa shape index (κ1) is 21.6. The molecule has 0 saturated carbocycles. The molecule has 32 heavy (non-hydrogen) atoms. The molecule has 0 spiro atoms. The van der Waals surface area contributed by atoms with Crippen LogP contribution in [-0.4, -0.2) is 21.7 Å². The molecule has 0 radical (unpaired) electrons. The number of aromatic nitrogens is 3. The number of imidazole rings is 1. The third-order valence-electron chi connectivity index (χ3n) is 5.74. The fourth-order valence-electron chi connectivity index (χ4n) is 4.01. The van der Waals surface area contributed by atoms with Crippen molar-refractivity contribution in [2.24, 2.45) is 0 Å². The number of nitrogens with one attached hydrogen (secondary N) is 4. The largest absolute Gasteiger partial charge is 0.360 e. The van der Waals surface area contributed by atoms with E-state index in [9.17, 15) is 9.59 Å². The summed E-state index contributed by atoms with van der Waals surface area (Å²) in [7, 11) is 0. The first-order chi connectivity index (χ1) is 15.6. The lowest BCUT2D eigenvalue weighted by Crippen LogP contribution is -2.32. The number of ketones is 1. The summed E-state index contributed by atoms with van der Waals surface area (Å²) in [5.41, 5.74) is 3.63. The van der Waals surface area contributed by atoms with Gasteiger partial charge in [0.1, 0.15) is 18.0 Å². The van der Waals surface area contributed by atoms with E-state index in [4.69, 9.17) is 0 Å². The van der Waals surface area contributed by atoms with Crippen LogP contribution in [-0.2, 0) is 4.79 Å². The number of unbranched alkanes of at least 4 members (excludes halogenated alkanes) is 2.